The summed E-state index contributed by atoms with van der Waals surface area (Å²) >= 11 is 0. The minimum atomic E-state index is 0.245. The van der Waals surface area contributed by atoms with Crippen molar-refractivity contribution in [2.45, 2.75) is 51.7 Å². The Balaban J connectivity index is 1.77. The normalized spacial score (nSPS) is 27.7. The highest BCUT2D eigenvalue weighted by molar-refractivity contribution is 5.77. The van der Waals surface area contributed by atoms with Crippen molar-refractivity contribution in [2.75, 3.05) is 6.54 Å². The molecule has 3 rings (SSSR count). The summed E-state index contributed by atoms with van der Waals surface area (Å²) in [6.45, 7) is 5.27. The number of amides is 1. The summed E-state index contributed by atoms with van der Waals surface area (Å²) in [5.41, 5.74) is 1.95. The molecule has 2 atom stereocenters. The van der Waals surface area contributed by atoms with E-state index in [9.17, 15) is 4.79 Å². The molecule has 1 aromatic heterocycles. The molecule has 1 N–H and O–H groups in total. The number of likely N-dealkylation sites (tertiary alicyclic amines) is 1. The van der Waals surface area contributed by atoms with Crippen LogP contribution in [0.25, 0.3) is 0 Å². The molecule has 3 heterocycles. The Morgan fingerprint density at radius 3 is 2.89 bits per heavy atom. The van der Waals surface area contributed by atoms with Crippen LogP contribution in [-0.4, -0.2) is 34.6 Å². The molecule has 2 fully saturated rings. The van der Waals surface area contributed by atoms with E-state index in [1.54, 1.807) is 0 Å². The van der Waals surface area contributed by atoms with Crippen molar-refractivity contribution in [1.82, 2.24) is 15.4 Å². The zero-order valence-electron chi connectivity index (χ0n) is 10.9. The Hall–Kier alpha value is -1.36. The molecule has 2 bridgehead atoms. The molecule has 18 heavy (non-hydrogen) atoms. The van der Waals surface area contributed by atoms with Gasteiger partial charge in [-0.1, -0.05) is 5.16 Å². The van der Waals surface area contributed by atoms with Crippen LogP contribution in [0.2, 0.25) is 0 Å². The summed E-state index contributed by atoms with van der Waals surface area (Å²) in [6.07, 6.45) is 2.94. The third-order valence-corrected chi connectivity index (χ3v) is 4.08. The number of aromatic nitrogens is 1. The lowest BCUT2D eigenvalue weighted by Crippen LogP contribution is -2.37. The van der Waals surface area contributed by atoms with E-state index in [0.29, 0.717) is 25.0 Å². The molecule has 1 amide bonds. The van der Waals surface area contributed by atoms with Gasteiger partial charge in [0.25, 0.3) is 0 Å². The fourth-order valence-electron chi connectivity index (χ4n) is 2.99. The highest BCUT2D eigenvalue weighted by Crippen LogP contribution is 2.23. The van der Waals surface area contributed by atoms with Crippen LogP contribution in [0.5, 0.6) is 0 Å². The zero-order chi connectivity index (χ0) is 12.7. The van der Waals surface area contributed by atoms with E-state index in [4.69, 9.17) is 4.52 Å². The van der Waals surface area contributed by atoms with E-state index in [1.807, 2.05) is 18.7 Å². The van der Waals surface area contributed by atoms with Crippen molar-refractivity contribution in [2.24, 2.45) is 0 Å². The fraction of sp³-hybridized carbons (Fsp3) is 0.692. The van der Waals surface area contributed by atoms with E-state index < -0.39 is 0 Å². The van der Waals surface area contributed by atoms with Crippen molar-refractivity contribution in [3.05, 3.63) is 17.0 Å². The molecule has 5 nitrogen and oxygen atoms in total. The highest BCUT2D eigenvalue weighted by atomic mass is 16.5. The van der Waals surface area contributed by atoms with Gasteiger partial charge in [-0.15, -0.1) is 0 Å². The van der Waals surface area contributed by atoms with E-state index in [0.717, 1.165) is 30.0 Å². The van der Waals surface area contributed by atoms with Gasteiger partial charge in [0, 0.05) is 30.6 Å². The molecule has 2 unspecified atom stereocenters. The van der Waals surface area contributed by atoms with Crippen molar-refractivity contribution in [3.63, 3.8) is 0 Å². The van der Waals surface area contributed by atoms with E-state index >= 15 is 0 Å². The van der Waals surface area contributed by atoms with Crippen LogP contribution in [0.3, 0.4) is 0 Å². The van der Waals surface area contributed by atoms with E-state index in [1.165, 1.54) is 6.42 Å². The van der Waals surface area contributed by atoms with Gasteiger partial charge in [0.2, 0.25) is 5.91 Å². The fourth-order valence-corrected chi connectivity index (χ4v) is 2.99. The summed E-state index contributed by atoms with van der Waals surface area (Å²) in [6, 6.07) is 0.846. The molecule has 0 aliphatic carbocycles. The number of nitrogens with zero attached hydrogens (tertiary/aromatic N) is 2. The van der Waals surface area contributed by atoms with Crippen LogP contribution in [-0.2, 0) is 11.3 Å². The molecule has 2 aliphatic rings. The lowest BCUT2D eigenvalue weighted by atomic mass is 10.1. The first-order chi connectivity index (χ1) is 8.63. The molecule has 5 heteroatoms. The standard InChI is InChI=1S/C13H19N3O2/c1-8-12(9(2)18-15-8)7-16-6-11-4-3-10(14-11)5-13(16)17/h10-11,14H,3-7H2,1-2H3. The summed E-state index contributed by atoms with van der Waals surface area (Å²) in [7, 11) is 0. The van der Waals surface area contributed by atoms with Gasteiger partial charge in [-0.2, -0.15) is 0 Å². The first-order valence-electron chi connectivity index (χ1n) is 6.59. The first-order valence-corrected chi connectivity index (χ1v) is 6.59. The number of nitrogens with one attached hydrogen (secondary N) is 1. The van der Waals surface area contributed by atoms with Crippen LogP contribution >= 0.6 is 0 Å². The topological polar surface area (TPSA) is 58.4 Å². The van der Waals surface area contributed by atoms with Gasteiger partial charge in [0.15, 0.2) is 0 Å². The second kappa shape index (κ2) is 4.39. The minimum absolute atomic E-state index is 0.245. The Bertz CT molecular complexity index is 449. The summed E-state index contributed by atoms with van der Waals surface area (Å²) in [5.74, 6) is 1.07. The van der Waals surface area contributed by atoms with Crippen molar-refractivity contribution in [3.8, 4) is 0 Å². The Morgan fingerprint density at radius 1 is 1.39 bits per heavy atom. The summed E-state index contributed by atoms with van der Waals surface area (Å²) in [4.78, 5) is 14.1. The molecule has 2 saturated heterocycles. The molecular weight excluding hydrogens is 230 g/mol. The van der Waals surface area contributed by atoms with Gasteiger partial charge in [-0.25, -0.2) is 0 Å². The summed E-state index contributed by atoms with van der Waals surface area (Å²) in [5, 5.41) is 7.47. The second-order valence-electron chi connectivity index (χ2n) is 5.42. The number of hydrogen-bond acceptors (Lipinski definition) is 4. The minimum Gasteiger partial charge on any atom is -0.361 e. The van der Waals surface area contributed by atoms with Crippen LogP contribution < -0.4 is 5.32 Å². The van der Waals surface area contributed by atoms with E-state index in [-0.39, 0.29) is 5.91 Å². The Labute approximate surface area is 107 Å². The Kier molecular flexibility index (Phi) is 2.86. The maximum absolute atomic E-state index is 12.2. The largest absolute Gasteiger partial charge is 0.361 e. The van der Waals surface area contributed by atoms with Gasteiger partial charge < -0.3 is 14.7 Å². The average Bonchev–Trinajstić information content (AvgIpc) is 2.83. The van der Waals surface area contributed by atoms with Crippen LogP contribution in [0.15, 0.2) is 4.52 Å². The molecular formula is C13H19N3O2. The van der Waals surface area contributed by atoms with Crippen molar-refractivity contribution < 1.29 is 9.32 Å². The van der Waals surface area contributed by atoms with Crippen LogP contribution in [0.4, 0.5) is 0 Å². The number of fused-ring (bicyclic) bond motifs is 2. The van der Waals surface area contributed by atoms with Crippen molar-refractivity contribution >= 4 is 5.91 Å². The third kappa shape index (κ3) is 2.03. The average molecular weight is 249 g/mol. The molecule has 0 aromatic carbocycles. The number of aryl methyl sites for hydroxylation is 2. The molecule has 98 valence electrons. The maximum atomic E-state index is 12.2. The van der Waals surface area contributed by atoms with Gasteiger partial charge in [0.1, 0.15) is 5.76 Å². The number of rotatable bonds is 2. The van der Waals surface area contributed by atoms with E-state index in [2.05, 4.69) is 10.5 Å². The van der Waals surface area contributed by atoms with Crippen LogP contribution in [0, 0.1) is 13.8 Å². The summed E-state index contributed by atoms with van der Waals surface area (Å²) < 4.78 is 5.16. The SMILES string of the molecule is Cc1noc(C)c1CN1CC2CCC(CC1=O)N2. The van der Waals surface area contributed by atoms with Gasteiger partial charge in [-0.05, 0) is 26.7 Å². The van der Waals surface area contributed by atoms with Gasteiger partial charge in [-0.3, -0.25) is 4.79 Å². The highest BCUT2D eigenvalue weighted by Gasteiger charge is 2.33. The molecule has 2 aliphatic heterocycles. The monoisotopic (exact) mass is 249 g/mol. The van der Waals surface area contributed by atoms with Gasteiger partial charge in [0.05, 0.1) is 12.2 Å². The molecule has 0 radical (unpaired) electrons. The lowest BCUT2D eigenvalue weighted by Gasteiger charge is -2.24. The number of carbonyl (C=O) groups is 1. The predicted molar refractivity (Wildman–Crippen MR) is 66.0 cm³/mol. The lowest BCUT2D eigenvalue weighted by molar-refractivity contribution is -0.131. The van der Waals surface area contributed by atoms with Crippen molar-refractivity contribution in [1.29, 1.82) is 0 Å². The quantitative estimate of drug-likeness (QED) is 0.854. The smallest absolute Gasteiger partial charge is 0.224 e. The molecule has 0 spiro atoms. The van der Waals surface area contributed by atoms with Gasteiger partial charge >= 0.3 is 0 Å². The molecule has 1 aromatic rings. The maximum Gasteiger partial charge on any atom is 0.224 e. The third-order valence-electron chi connectivity index (χ3n) is 4.08. The number of hydrogen-bond donors (Lipinski definition) is 1. The predicted octanol–water partition coefficient (Wildman–Crippen LogP) is 1.14. The Morgan fingerprint density at radius 2 is 2.17 bits per heavy atom. The molecule has 0 saturated carbocycles. The second-order valence-corrected chi connectivity index (χ2v) is 5.42. The number of carbonyl (C=O) groups excluding carboxylic acids is 1. The van der Waals surface area contributed by atoms with Crippen LogP contribution in [0.1, 0.15) is 36.3 Å². The zero-order valence-corrected chi connectivity index (χ0v) is 10.9. The first kappa shape index (κ1) is 11.7.